The molecule has 1 aliphatic heterocycles. The van der Waals surface area contributed by atoms with Crippen molar-refractivity contribution in [1.29, 1.82) is 0 Å². The van der Waals surface area contributed by atoms with Crippen LogP contribution in [0, 0.1) is 5.92 Å². The van der Waals surface area contributed by atoms with Crippen LogP contribution in [-0.4, -0.2) is 19.0 Å². The maximum atomic E-state index is 13.0. The first-order chi connectivity index (χ1) is 10.4. The molecular weight excluding hydrogens is 260 g/mol. The normalized spacial score (nSPS) is 21.0. The van der Waals surface area contributed by atoms with Gasteiger partial charge in [-0.3, -0.25) is 4.79 Å². The minimum atomic E-state index is 0.233. The van der Waals surface area contributed by atoms with Crippen LogP contribution in [0.2, 0.25) is 0 Å². The lowest BCUT2D eigenvalue weighted by molar-refractivity contribution is -0.123. The summed E-state index contributed by atoms with van der Waals surface area (Å²) in [6.45, 7) is 2.55. The molecule has 3 rings (SSSR count). The van der Waals surface area contributed by atoms with Crippen molar-refractivity contribution in [2.24, 2.45) is 5.92 Å². The molecule has 0 aromatic heterocycles. The largest absolute Gasteiger partial charge is 0.311 e. The summed E-state index contributed by atoms with van der Waals surface area (Å²) in [6, 6.07) is 8.34. The van der Waals surface area contributed by atoms with Crippen LogP contribution in [0.1, 0.15) is 50.5 Å². The van der Waals surface area contributed by atoms with E-state index in [2.05, 4.69) is 23.5 Å². The third kappa shape index (κ3) is 3.46. The average Bonchev–Trinajstić information content (AvgIpc) is 2.68. The van der Waals surface area contributed by atoms with E-state index in [-0.39, 0.29) is 5.92 Å². The van der Waals surface area contributed by atoms with Crippen molar-refractivity contribution >= 4 is 11.6 Å². The highest BCUT2D eigenvalue weighted by Gasteiger charge is 2.27. The molecule has 1 aromatic carbocycles. The quantitative estimate of drug-likeness (QED) is 0.857. The van der Waals surface area contributed by atoms with E-state index in [1.54, 1.807) is 0 Å². The number of fused-ring (bicyclic) bond motifs is 1. The predicted molar refractivity (Wildman–Crippen MR) is 86.3 cm³/mol. The molecule has 2 aliphatic rings. The molecule has 1 heterocycles. The molecule has 21 heavy (non-hydrogen) atoms. The Morgan fingerprint density at radius 2 is 1.76 bits per heavy atom. The Morgan fingerprint density at radius 1 is 1.05 bits per heavy atom. The van der Waals surface area contributed by atoms with Crippen LogP contribution >= 0.6 is 0 Å². The summed E-state index contributed by atoms with van der Waals surface area (Å²) in [5.74, 6) is 0.588. The summed E-state index contributed by atoms with van der Waals surface area (Å²) in [4.78, 5) is 15.1. The Morgan fingerprint density at radius 3 is 2.57 bits per heavy atom. The molecule has 3 nitrogen and oxygen atoms in total. The summed E-state index contributed by atoms with van der Waals surface area (Å²) >= 11 is 0. The second-order valence-corrected chi connectivity index (χ2v) is 6.34. The van der Waals surface area contributed by atoms with Crippen LogP contribution < -0.4 is 10.2 Å². The number of carbonyl (C=O) groups is 1. The van der Waals surface area contributed by atoms with E-state index in [4.69, 9.17) is 0 Å². The first-order valence-electron chi connectivity index (χ1n) is 8.46. The molecule has 0 atom stereocenters. The molecule has 0 radical (unpaired) electrons. The van der Waals surface area contributed by atoms with Gasteiger partial charge >= 0.3 is 0 Å². The van der Waals surface area contributed by atoms with Gasteiger partial charge in [0, 0.05) is 31.2 Å². The second kappa shape index (κ2) is 7.08. The van der Waals surface area contributed by atoms with Gasteiger partial charge in [-0.2, -0.15) is 0 Å². The number of nitrogens with one attached hydrogen (secondary N) is 1. The highest BCUT2D eigenvalue weighted by Crippen LogP contribution is 2.28. The van der Waals surface area contributed by atoms with Gasteiger partial charge < -0.3 is 10.2 Å². The molecule has 114 valence electrons. The Bertz CT molecular complexity index is 478. The van der Waals surface area contributed by atoms with Gasteiger partial charge in [0.1, 0.15) is 0 Å². The van der Waals surface area contributed by atoms with Crippen LogP contribution in [0.5, 0.6) is 0 Å². The predicted octanol–water partition coefficient (Wildman–Crippen LogP) is 3.48. The van der Waals surface area contributed by atoms with E-state index >= 15 is 0 Å². The lowest BCUT2D eigenvalue weighted by atomic mass is 9.90. The first-order valence-corrected chi connectivity index (χ1v) is 8.46. The SMILES string of the molecule is O=C(C1CCCCCCC1)N1CCNCc2ccccc21. The Hall–Kier alpha value is -1.35. The van der Waals surface area contributed by atoms with Crippen LogP contribution in [0.3, 0.4) is 0 Å². The number of para-hydroxylation sites is 1. The number of anilines is 1. The minimum Gasteiger partial charge on any atom is -0.311 e. The van der Waals surface area contributed by atoms with Crippen molar-refractivity contribution in [2.75, 3.05) is 18.0 Å². The number of benzene rings is 1. The van der Waals surface area contributed by atoms with Crippen molar-refractivity contribution < 1.29 is 4.79 Å². The van der Waals surface area contributed by atoms with E-state index in [1.165, 1.54) is 37.7 Å². The Labute approximate surface area is 127 Å². The lowest BCUT2D eigenvalue weighted by Crippen LogP contribution is -2.39. The van der Waals surface area contributed by atoms with Gasteiger partial charge in [0.05, 0.1) is 0 Å². The van der Waals surface area contributed by atoms with Crippen LogP contribution in [0.15, 0.2) is 24.3 Å². The van der Waals surface area contributed by atoms with Gasteiger partial charge in [-0.05, 0) is 24.5 Å². The topological polar surface area (TPSA) is 32.3 Å². The van der Waals surface area contributed by atoms with Crippen LogP contribution in [-0.2, 0) is 11.3 Å². The molecule has 1 saturated carbocycles. The third-order valence-corrected chi connectivity index (χ3v) is 4.83. The van der Waals surface area contributed by atoms with E-state index in [9.17, 15) is 4.79 Å². The zero-order valence-corrected chi connectivity index (χ0v) is 12.8. The zero-order chi connectivity index (χ0) is 14.5. The number of hydrogen-bond donors (Lipinski definition) is 1. The fourth-order valence-corrected chi connectivity index (χ4v) is 3.61. The number of carbonyl (C=O) groups excluding carboxylic acids is 1. The van der Waals surface area contributed by atoms with Crippen molar-refractivity contribution in [3.63, 3.8) is 0 Å². The van der Waals surface area contributed by atoms with E-state index in [0.717, 1.165) is 38.2 Å². The molecule has 0 unspecified atom stereocenters. The molecular formula is C18H26N2O. The number of hydrogen-bond acceptors (Lipinski definition) is 2. The minimum absolute atomic E-state index is 0.233. The maximum Gasteiger partial charge on any atom is 0.230 e. The molecule has 0 saturated heterocycles. The Kier molecular flexibility index (Phi) is 4.91. The summed E-state index contributed by atoms with van der Waals surface area (Å²) < 4.78 is 0. The highest BCUT2D eigenvalue weighted by molar-refractivity contribution is 5.95. The summed E-state index contributed by atoms with van der Waals surface area (Å²) in [7, 11) is 0. The van der Waals surface area contributed by atoms with E-state index in [0.29, 0.717) is 5.91 Å². The monoisotopic (exact) mass is 286 g/mol. The lowest BCUT2D eigenvalue weighted by Gasteiger charge is -2.28. The van der Waals surface area contributed by atoms with Gasteiger partial charge in [0.15, 0.2) is 0 Å². The van der Waals surface area contributed by atoms with Crippen LogP contribution in [0.25, 0.3) is 0 Å². The molecule has 1 aliphatic carbocycles. The van der Waals surface area contributed by atoms with Crippen LogP contribution in [0.4, 0.5) is 5.69 Å². The standard InChI is InChI=1S/C18H26N2O/c21-18(15-8-4-2-1-3-5-9-15)20-13-12-19-14-16-10-6-7-11-17(16)20/h6-7,10-11,15,19H,1-5,8-9,12-14H2. The number of rotatable bonds is 1. The summed E-state index contributed by atoms with van der Waals surface area (Å²) in [5.41, 5.74) is 2.36. The molecule has 0 spiro atoms. The number of amides is 1. The molecule has 3 heteroatoms. The van der Waals surface area contributed by atoms with Gasteiger partial charge in [-0.15, -0.1) is 0 Å². The fourth-order valence-electron chi connectivity index (χ4n) is 3.61. The van der Waals surface area contributed by atoms with Crippen molar-refractivity contribution in [3.05, 3.63) is 29.8 Å². The molecule has 0 bridgehead atoms. The third-order valence-electron chi connectivity index (χ3n) is 4.83. The summed E-state index contributed by atoms with van der Waals surface area (Å²) in [5, 5.41) is 3.42. The van der Waals surface area contributed by atoms with Gasteiger partial charge in [0.25, 0.3) is 0 Å². The highest BCUT2D eigenvalue weighted by atomic mass is 16.2. The zero-order valence-electron chi connectivity index (χ0n) is 12.8. The molecule has 1 fully saturated rings. The molecule has 1 N–H and O–H groups in total. The van der Waals surface area contributed by atoms with Crippen molar-refractivity contribution in [2.45, 2.75) is 51.5 Å². The van der Waals surface area contributed by atoms with E-state index < -0.39 is 0 Å². The van der Waals surface area contributed by atoms with Crippen molar-refractivity contribution in [3.8, 4) is 0 Å². The maximum absolute atomic E-state index is 13.0. The Balaban J connectivity index is 1.79. The molecule has 1 amide bonds. The average molecular weight is 286 g/mol. The summed E-state index contributed by atoms with van der Waals surface area (Å²) in [6.07, 6.45) is 8.51. The molecule has 1 aromatic rings. The number of nitrogens with zero attached hydrogens (tertiary/aromatic N) is 1. The smallest absolute Gasteiger partial charge is 0.230 e. The van der Waals surface area contributed by atoms with Crippen molar-refractivity contribution in [1.82, 2.24) is 5.32 Å². The van der Waals surface area contributed by atoms with Gasteiger partial charge in [0.2, 0.25) is 5.91 Å². The second-order valence-electron chi connectivity index (χ2n) is 6.34. The van der Waals surface area contributed by atoms with Gasteiger partial charge in [-0.1, -0.05) is 50.3 Å². The fraction of sp³-hybridized carbons (Fsp3) is 0.611. The first kappa shape index (κ1) is 14.6. The van der Waals surface area contributed by atoms with Gasteiger partial charge in [-0.25, -0.2) is 0 Å². The van der Waals surface area contributed by atoms with E-state index in [1.807, 2.05) is 11.0 Å².